The predicted molar refractivity (Wildman–Crippen MR) is 80.1 cm³/mol. The Morgan fingerprint density at radius 3 is 2.63 bits per heavy atom. The molecule has 1 aromatic carbocycles. The van der Waals surface area contributed by atoms with Gasteiger partial charge < -0.3 is 15.6 Å². The Labute approximate surface area is 114 Å². The van der Waals surface area contributed by atoms with Crippen molar-refractivity contribution in [3.05, 3.63) is 36.0 Å². The molecule has 1 aliphatic carbocycles. The molecule has 1 heterocycles. The normalized spacial score (nSPS) is 19.6. The van der Waals surface area contributed by atoms with Gasteiger partial charge in [-0.05, 0) is 45.1 Å². The second-order valence-corrected chi connectivity index (χ2v) is 6.08. The van der Waals surface area contributed by atoms with Crippen LogP contribution in [0.3, 0.4) is 0 Å². The summed E-state index contributed by atoms with van der Waals surface area (Å²) in [5, 5.41) is 1.33. The van der Waals surface area contributed by atoms with E-state index in [1.54, 1.807) is 0 Å². The van der Waals surface area contributed by atoms with Crippen molar-refractivity contribution in [2.24, 2.45) is 11.1 Å². The Hall–Kier alpha value is -1.32. The second-order valence-electron chi connectivity index (χ2n) is 6.08. The fourth-order valence-corrected chi connectivity index (χ4v) is 3.70. The molecule has 0 aliphatic heterocycles. The number of benzene rings is 1. The molecule has 1 saturated carbocycles. The minimum absolute atomic E-state index is 0.258. The molecule has 19 heavy (non-hydrogen) atoms. The van der Waals surface area contributed by atoms with Crippen LogP contribution in [0.5, 0.6) is 0 Å². The van der Waals surface area contributed by atoms with E-state index < -0.39 is 0 Å². The number of para-hydroxylation sites is 1. The smallest absolute Gasteiger partial charge is 0.0457 e. The molecule has 0 bridgehead atoms. The van der Waals surface area contributed by atoms with Gasteiger partial charge in [0, 0.05) is 28.6 Å². The van der Waals surface area contributed by atoms with Crippen LogP contribution in [0.15, 0.2) is 30.5 Å². The minimum Gasteiger partial charge on any atom is -0.361 e. The van der Waals surface area contributed by atoms with Gasteiger partial charge in [0.05, 0.1) is 0 Å². The Kier molecular flexibility index (Phi) is 3.11. The van der Waals surface area contributed by atoms with Crippen LogP contribution in [-0.4, -0.2) is 30.5 Å². The second kappa shape index (κ2) is 4.66. The van der Waals surface area contributed by atoms with Gasteiger partial charge in [-0.15, -0.1) is 0 Å². The maximum atomic E-state index is 6.12. The summed E-state index contributed by atoms with van der Waals surface area (Å²) in [7, 11) is 4.34. The van der Waals surface area contributed by atoms with E-state index in [2.05, 4.69) is 54.4 Å². The van der Waals surface area contributed by atoms with Gasteiger partial charge in [0.1, 0.15) is 0 Å². The molecule has 1 fully saturated rings. The molecule has 1 unspecified atom stereocenters. The Morgan fingerprint density at radius 1 is 1.32 bits per heavy atom. The van der Waals surface area contributed by atoms with Crippen LogP contribution in [0.1, 0.15) is 30.9 Å². The molecule has 0 spiro atoms. The van der Waals surface area contributed by atoms with Crippen molar-refractivity contribution in [1.82, 2.24) is 9.88 Å². The lowest BCUT2D eigenvalue weighted by atomic mass is 9.62. The minimum atomic E-state index is 0.258. The van der Waals surface area contributed by atoms with Crippen LogP contribution in [-0.2, 0) is 0 Å². The molecule has 3 N–H and O–H groups in total. The molecule has 0 amide bonds. The number of rotatable bonds is 4. The van der Waals surface area contributed by atoms with Crippen LogP contribution in [0, 0.1) is 5.41 Å². The number of aromatic amines is 1. The van der Waals surface area contributed by atoms with Crippen molar-refractivity contribution < 1.29 is 0 Å². The fraction of sp³-hybridized carbons (Fsp3) is 0.500. The molecule has 102 valence electrons. The van der Waals surface area contributed by atoms with Gasteiger partial charge in [0.15, 0.2) is 0 Å². The first-order valence-corrected chi connectivity index (χ1v) is 7.10. The third-order valence-corrected chi connectivity index (χ3v) is 4.77. The summed E-state index contributed by atoms with van der Waals surface area (Å²) in [5.74, 6) is 0. The van der Waals surface area contributed by atoms with E-state index in [9.17, 15) is 0 Å². The van der Waals surface area contributed by atoms with E-state index in [4.69, 9.17) is 5.73 Å². The Balaban J connectivity index is 2.10. The third-order valence-electron chi connectivity index (χ3n) is 4.77. The topological polar surface area (TPSA) is 45.0 Å². The average Bonchev–Trinajstić information content (AvgIpc) is 2.77. The molecule has 1 aromatic heterocycles. The zero-order valence-corrected chi connectivity index (χ0v) is 11.8. The molecule has 3 rings (SSSR count). The standard InChI is InChI=1S/C16H23N3/c1-19(2)15(16(11-17)8-5-9-16)13-10-18-14-7-4-3-6-12(13)14/h3-4,6-7,10,15,18H,5,8-9,11,17H2,1-2H3. The lowest BCUT2D eigenvalue weighted by Gasteiger charge is -2.49. The van der Waals surface area contributed by atoms with Gasteiger partial charge in [-0.2, -0.15) is 0 Å². The van der Waals surface area contributed by atoms with Gasteiger partial charge in [0.2, 0.25) is 0 Å². The first kappa shape index (κ1) is 12.7. The van der Waals surface area contributed by atoms with Crippen molar-refractivity contribution >= 4 is 10.9 Å². The number of hydrogen-bond acceptors (Lipinski definition) is 2. The highest BCUT2D eigenvalue weighted by atomic mass is 15.1. The number of nitrogens with two attached hydrogens (primary N) is 1. The van der Waals surface area contributed by atoms with E-state index in [0.29, 0.717) is 6.04 Å². The average molecular weight is 257 g/mol. The van der Waals surface area contributed by atoms with Gasteiger partial charge in [-0.25, -0.2) is 0 Å². The first-order valence-electron chi connectivity index (χ1n) is 7.10. The number of H-pyrrole nitrogens is 1. The monoisotopic (exact) mass is 257 g/mol. The Bertz CT molecular complexity index is 561. The molecular formula is C16H23N3. The van der Waals surface area contributed by atoms with Gasteiger partial charge in [-0.1, -0.05) is 24.6 Å². The summed E-state index contributed by atoms with van der Waals surface area (Å²) in [5.41, 5.74) is 8.99. The highest BCUT2D eigenvalue weighted by Gasteiger charge is 2.45. The van der Waals surface area contributed by atoms with Crippen LogP contribution in [0.2, 0.25) is 0 Å². The van der Waals surface area contributed by atoms with E-state index >= 15 is 0 Å². The summed E-state index contributed by atoms with van der Waals surface area (Å²) >= 11 is 0. The highest BCUT2D eigenvalue weighted by Crippen LogP contribution is 2.52. The number of hydrogen-bond donors (Lipinski definition) is 2. The molecule has 3 nitrogen and oxygen atoms in total. The number of fused-ring (bicyclic) bond motifs is 1. The van der Waals surface area contributed by atoms with Crippen molar-refractivity contribution in [3.63, 3.8) is 0 Å². The van der Waals surface area contributed by atoms with Gasteiger partial charge in [0.25, 0.3) is 0 Å². The van der Waals surface area contributed by atoms with Gasteiger partial charge in [-0.3, -0.25) is 0 Å². The van der Waals surface area contributed by atoms with Crippen LogP contribution in [0.25, 0.3) is 10.9 Å². The third kappa shape index (κ3) is 1.88. The van der Waals surface area contributed by atoms with E-state index in [-0.39, 0.29) is 5.41 Å². The quantitative estimate of drug-likeness (QED) is 0.884. The van der Waals surface area contributed by atoms with Crippen molar-refractivity contribution in [1.29, 1.82) is 0 Å². The highest BCUT2D eigenvalue weighted by molar-refractivity contribution is 5.83. The molecule has 1 atom stereocenters. The van der Waals surface area contributed by atoms with Crippen LogP contribution < -0.4 is 5.73 Å². The maximum Gasteiger partial charge on any atom is 0.0457 e. The molecule has 0 saturated heterocycles. The van der Waals surface area contributed by atoms with E-state index in [1.165, 1.54) is 35.7 Å². The van der Waals surface area contributed by atoms with Crippen molar-refractivity contribution in [2.75, 3.05) is 20.6 Å². The first-order chi connectivity index (χ1) is 9.18. The molecule has 3 heteroatoms. The van der Waals surface area contributed by atoms with Crippen LogP contribution in [0.4, 0.5) is 0 Å². The molecule has 1 aliphatic rings. The maximum absolute atomic E-state index is 6.12. The zero-order valence-electron chi connectivity index (χ0n) is 11.8. The summed E-state index contributed by atoms with van der Waals surface area (Å²) in [6, 6.07) is 8.95. The molecular weight excluding hydrogens is 234 g/mol. The summed E-state index contributed by atoms with van der Waals surface area (Å²) < 4.78 is 0. The summed E-state index contributed by atoms with van der Waals surface area (Å²) in [4.78, 5) is 5.74. The van der Waals surface area contributed by atoms with E-state index in [0.717, 1.165) is 6.54 Å². The van der Waals surface area contributed by atoms with Crippen molar-refractivity contribution in [3.8, 4) is 0 Å². The molecule has 2 aromatic rings. The largest absolute Gasteiger partial charge is 0.361 e. The fourth-order valence-electron chi connectivity index (χ4n) is 3.70. The van der Waals surface area contributed by atoms with Crippen molar-refractivity contribution in [2.45, 2.75) is 25.3 Å². The number of aromatic nitrogens is 1. The number of nitrogens with one attached hydrogen (secondary N) is 1. The summed E-state index contributed by atoms with van der Waals surface area (Å²) in [6.45, 7) is 0.773. The predicted octanol–water partition coefficient (Wildman–Crippen LogP) is 2.90. The summed E-state index contributed by atoms with van der Waals surface area (Å²) in [6.07, 6.45) is 5.96. The lowest BCUT2D eigenvalue weighted by Crippen LogP contribution is -2.47. The van der Waals surface area contributed by atoms with Gasteiger partial charge >= 0.3 is 0 Å². The van der Waals surface area contributed by atoms with E-state index in [1.807, 2.05) is 0 Å². The zero-order chi connectivity index (χ0) is 13.5. The SMILES string of the molecule is CN(C)C(c1c[nH]c2ccccc12)C1(CN)CCC1. The molecule has 0 radical (unpaired) electrons. The lowest BCUT2D eigenvalue weighted by molar-refractivity contribution is 0.0290. The number of nitrogens with zero attached hydrogens (tertiary/aromatic N) is 1. The van der Waals surface area contributed by atoms with Crippen LogP contribution >= 0.6 is 0 Å². The Morgan fingerprint density at radius 2 is 2.05 bits per heavy atom.